The molecule has 2 aromatic heterocycles. The predicted octanol–water partition coefficient (Wildman–Crippen LogP) is 4.31. The van der Waals surface area contributed by atoms with Crippen LogP contribution < -0.4 is 4.31 Å². The fourth-order valence-electron chi connectivity index (χ4n) is 4.70. The first-order chi connectivity index (χ1) is 14.3. The van der Waals surface area contributed by atoms with Gasteiger partial charge in [0.2, 0.25) is 10.0 Å². The molecule has 2 atom stereocenters. The van der Waals surface area contributed by atoms with Gasteiger partial charge in [-0.3, -0.25) is 9.10 Å². The Hall–Kier alpha value is -2.16. The second kappa shape index (κ2) is 7.21. The first kappa shape index (κ1) is 19.8. The standard InChI is InChI=1S/C22H22N2O3S3/c1-14-12-16-13-15(5-6-18(16)24(14)30(2,26)27)22(25)23-9-7-19-17(8-11-29-19)21(23)20-4-3-10-28-20/h3-6,8,10-11,13-14,21H,7,9,12H2,1-2H3. The molecule has 0 spiro atoms. The van der Waals surface area contributed by atoms with Crippen LogP contribution in [0.1, 0.15) is 44.2 Å². The van der Waals surface area contributed by atoms with Gasteiger partial charge in [0.25, 0.3) is 5.91 Å². The van der Waals surface area contributed by atoms with Gasteiger partial charge in [0.05, 0.1) is 18.0 Å². The highest BCUT2D eigenvalue weighted by Crippen LogP contribution is 2.41. The van der Waals surface area contributed by atoms with Crippen molar-refractivity contribution in [1.82, 2.24) is 4.90 Å². The van der Waals surface area contributed by atoms with Gasteiger partial charge in [-0.05, 0) is 72.0 Å². The fraction of sp³-hybridized carbons (Fsp3) is 0.318. The van der Waals surface area contributed by atoms with E-state index >= 15 is 0 Å². The third-order valence-corrected chi connectivity index (χ3v) is 9.07. The first-order valence-corrected chi connectivity index (χ1v) is 13.5. The lowest BCUT2D eigenvalue weighted by Gasteiger charge is -2.35. The van der Waals surface area contributed by atoms with Crippen molar-refractivity contribution in [2.75, 3.05) is 17.1 Å². The lowest BCUT2D eigenvalue weighted by molar-refractivity contribution is 0.0698. The molecule has 0 aliphatic carbocycles. The van der Waals surface area contributed by atoms with Crippen molar-refractivity contribution in [3.05, 3.63) is 73.6 Å². The zero-order valence-electron chi connectivity index (χ0n) is 16.7. The number of thiophene rings is 2. The summed E-state index contributed by atoms with van der Waals surface area (Å²) in [7, 11) is -3.34. The number of rotatable bonds is 3. The maximum absolute atomic E-state index is 13.6. The minimum absolute atomic E-state index is 0.00138. The summed E-state index contributed by atoms with van der Waals surface area (Å²) in [6, 6.07) is 11.5. The molecule has 0 bridgehead atoms. The van der Waals surface area contributed by atoms with E-state index in [0.29, 0.717) is 24.2 Å². The third-order valence-electron chi connectivity index (χ3n) is 5.88. The second-order valence-corrected chi connectivity index (χ2v) is 11.8. The zero-order chi connectivity index (χ0) is 21.0. The summed E-state index contributed by atoms with van der Waals surface area (Å²) in [5, 5.41) is 4.16. The summed E-state index contributed by atoms with van der Waals surface area (Å²) in [5.41, 5.74) is 3.45. The molecule has 4 heterocycles. The molecule has 30 heavy (non-hydrogen) atoms. The minimum Gasteiger partial charge on any atom is -0.326 e. The molecule has 2 unspecified atom stereocenters. The van der Waals surface area contributed by atoms with Crippen molar-refractivity contribution in [1.29, 1.82) is 0 Å². The normalized spacial score (nSPS) is 20.9. The summed E-state index contributed by atoms with van der Waals surface area (Å²) < 4.78 is 25.8. The number of carbonyl (C=O) groups is 1. The topological polar surface area (TPSA) is 57.7 Å². The van der Waals surface area contributed by atoms with Crippen LogP contribution in [0.25, 0.3) is 0 Å². The first-order valence-electron chi connectivity index (χ1n) is 9.87. The van der Waals surface area contributed by atoms with E-state index in [0.717, 1.165) is 12.0 Å². The molecular weight excluding hydrogens is 436 g/mol. The van der Waals surface area contributed by atoms with Crippen LogP contribution in [0, 0.1) is 0 Å². The van der Waals surface area contributed by atoms with Gasteiger partial charge < -0.3 is 4.90 Å². The lowest BCUT2D eigenvalue weighted by Crippen LogP contribution is -2.39. The highest BCUT2D eigenvalue weighted by molar-refractivity contribution is 7.92. The van der Waals surface area contributed by atoms with E-state index in [-0.39, 0.29) is 18.0 Å². The van der Waals surface area contributed by atoms with Crippen LogP contribution in [0.3, 0.4) is 0 Å². The molecule has 5 rings (SSSR count). The van der Waals surface area contributed by atoms with E-state index in [1.54, 1.807) is 34.8 Å². The third kappa shape index (κ3) is 3.18. The molecule has 0 saturated carbocycles. The Morgan fingerprint density at radius 2 is 1.97 bits per heavy atom. The Bertz CT molecular complexity index is 1210. The largest absolute Gasteiger partial charge is 0.326 e. The zero-order valence-corrected chi connectivity index (χ0v) is 19.2. The van der Waals surface area contributed by atoms with Gasteiger partial charge in [-0.1, -0.05) is 6.07 Å². The Morgan fingerprint density at radius 3 is 2.70 bits per heavy atom. The number of hydrogen-bond donors (Lipinski definition) is 0. The lowest BCUT2D eigenvalue weighted by atomic mass is 9.97. The van der Waals surface area contributed by atoms with Crippen molar-refractivity contribution in [2.24, 2.45) is 0 Å². The molecule has 0 radical (unpaired) electrons. The summed E-state index contributed by atoms with van der Waals surface area (Å²) in [4.78, 5) is 18.1. The molecule has 1 aromatic carbocycles. The maximum atomic E-state index is 13.6. The second-order valence-electron chi connectivity index (χ2n) is 7.92. The van der Waals surface area contributed by atoms with Crippen LogP contribution in [0.2, 0.25) is 0 Å². The Morgan fingerprint density at radius 1 is 1.13 bits per heavy atom. The van der Waals surface area contributed by atoms with Crippen molar-refractivity contribution >= 4 is 44.3 Å². The molecule has 2 aliphatic rings. The summed E-state index contributed by atoms with van der Waals surface area (Å²) in [6.07, 6.45) is 2.71. The number of sulfonamides is 1. The van der Waals surface area contributed by atoms with E-state index in [1.807, 2.05) is 24.0 Å². The van der Waals surface area contributed by atoms with Crippen LogP contribution in [0.15, 0.2) is 47.2 Å². The van der Waals surface area contributed by atoms with E-state index < -0.39 is 10.0 Å². The summed E-state index contributed by atoms with van der Waals surface area (Å²) in [5.74, 6) is -0.00138. The molecule has 2 aliphatic heterocycles. The molecule has 0 fully saturated rings. The number of carbonyl (C=O) groups excluding carboxylic acids is 1. The molecular formula is C22H22N2O3S3. The van der Waals surface area contributed by atoms with Gasteiger partial charge in [0.15, 0.2) is 0 Å². The van der Waals surface area contributed by atoms with Gasteiger partial charge in [-0.25, -0.2) is 8.42 Å². The number of benzene rings is 1. The van der Waals surface area contributed by atoms with Crippen LogP contribution in [-0.2, 0) is 22.9 Å². The van der Waals surface area contributed by atoms with Crippen molar-refractivity contribution in [3.63, 3.8) is 0 Å². The highest BCUT2D eigenvalue weighted by Gasteiger charge is 2.36. The predicted molar refractivity (Wildman–Crippen MR) is 122 cm³/mol. The molecule has 3 aromatic rings. The number of anilines is 1. The summed E-state index contributed by atoms with van der Waals surface area (Å²) >= 11 is 3.43. The molecule has 0 N–H and O–H groups in total. The quantitative estimate of drug-likeness (QED) is 0.588. The Labute approximate surface area is 184 Å². The van der Waals surface area contributed by atoms with Gasteiger partial charge in [-0.2, -0.15) is 0 Å². The van der Waals surface area contributed by atoms with Gasteiger partial charge in [0, 0.05) is 27.9 Å². The maximum Gasteiger partial charge on any atom is 0.254 e. The number of nitrogens with zero attached hydrogens (tertiary/aromatic N) is 2. The van der Waals surface area contributed by atoms with Crippen LogP contribution in [0.4, 0.5) is 5.69 Å². The van der Waals surface area contributed by atoms with Crippen molar-refractivity contribution in [3.8, 4) is 0 Å². The van der Waals surface area contributed by atoms with E-state index in [9.17, 15) is 13.2 Å². The Kier molecular flexibility index (Phi) is 4.76. The van der Waals surface area contributed by atoms with Crippen LogP contribution in [0.5, 0.6) is 0 Å². The Balaban J connectivity index is 1.52. The molecule has 1 amide bonds. The van der Waals surface area contributed by atoms with Crippen LogP contribution >= 0.6 is 22.7 Å². The number of amides is 1. The SMILES string of the molecule is CC1Cc2cc(C(=O)N3CCc4sccc4C3c3cccs3)ccc2N1S(C)(=O)=O. The molecule has 0 saturated heterocycles. The number of hydrogen-bond acceptors (Lipinski definition) is 5. The average molecular weight is 459 g/mol. The van der Waals surface area contributed by atoms with E-state index in [4.69, 9.17) is 0 Å². The van der Waals surface area contributed by atoms with Gasteiger partial charge in [-0.15, -0.1) is 22.7 Å². The van der Waals surface area contributed by atoms with Crippen molar-refractivity contribution in [2.45, 2.75) is 31.8 Å². The smallest absolute Gasteiger partial charge is 0.254 e. The molecule has 156 valence electrons. The highest BCUT2D eigenvalue weighted by atomic mass is 32.2. The fourth-order valence-corrected chi connectivity index (χ4v) is 7.72. The molecule has 8 heteroatoms. The molecule has 5 nitrogen and oxygen atoms in total. The summed E-state index contributed by atoms with van der Waals surface area (Å²) in [6.45, 7) is 2.58. The van der Waals surface area contributed by atoms with Gasteiger partial charge in [0.1, 0.15) is 0 Å². The van der Waals surface area contributed by atoms with Gasteiger partial charge >= 0.3 is 0 Å². The van der Waals surface area contributed by atoms with Crippen LogP contribution in [-0.4, -0.2) is 38.1 Å². The van der Waals surface area contributed by atoms with E-state index in [1.165, 1.54) is 25.9 Å². The van der Waals surface area contributed by atoms with Crippen molar-refractivity contribution < 1.29 is 13.2 Å². The number of fused-ring (bicyclic) bond motifs is 2. The van der Waals surface area contributed by atoms with E-state index in [2.05, 4.69) is 22.9 Å². The minimum atomic E-state index is -3.34. The monoisotopic (exact) mass is 458 g/mol. The average Bonchev–Trinajstić information content (AvgIpc) is 3.43.